The molecule has 0 aromatic rings. The predicted molar refractivity (Wildman–Crippen MR) is 66.0 cm³/mol. The summed E-state index contributed by atoms with van der Waals surface area (Å²) in [5.74, 6) is 0.351. The van der Waals surface area contributed by atoms with Gasteiger partial charge in [-0.05, 0) is 46.5 Å². The lowest BCUT2D eigenvalue weighted by atomic mass is 9.93. The molecule has 1 fully saturated rings. The number of hydrogen-bond donors (Lipinski definition) is 1. The summed E-state index contributed by atoms with van der Waals surface area (Å²) in [5.41, 5.74) is -0.407. The van der Waals surface area contributed by atoms with Crippen LogP contribution in [0.4, 0.5) is 4.79 Å². The lowest BCUT2D eigenvalue weighted by Gasteiger charge is -2.40. The van der Waals surface area contributed by atoms with Crippen LogP contribution < -0.4 is 0 Å². The number of rotatable bonds is 3. The maximum Gasteiger partial charge on any atom is 0.407 e. The van der Waals surface area contributed by atoms with Gasteiger partial charge >= 0.3 is 6.09 Å². The van der Waals surface area contributed by atoms with Crippen LogP contribution in [0.15, 0.2) is 0 Å². The first-order chi connectivity index (χ1) is 7.73. The first kappa shape index (κ1) is 14.0. The van der Waals surface area contributed by atoms with Crippen molar-refractivity contribution in [2.45, 2.75) is 65.0 Å². The molecule has 1 aliphatic carbocycles. The monoisotopic (exact) mass is 241 g/mol. The van der Waals surface area contributed by atoms with Crippen LogP contribution in [0.25, 0.3) is 0 Å². The van der Waals surface area contributed by atoms with Crippen LogP contribution in [0.2, 0.25) is 0 Å². The van der Waals surface area contributed by atoms with Crippen molar-refractivity contribution >= 4 is 11.9 Å². The predicted octanol–water partition coefficient (Wildman–Crippen LogP) is 2.91. The van der Waals surface area contributed by atoms with Gasteiger partial charge in [-0.2, -0.15) is 0 Å². The van der Waals surface area contributed by atoms with Gasteiger partial charge in [-0.15, -0.1) is 0 Å². The van der Waals surface area contributed by atoms with Crippen LogP contribution in [0.5, 0.6) is 0 Å². The Balaban J connectivity index is 2.86. The molecule has 1 rings (SSSR count). The van der Waals surface area contributed by atoms with E-state index in [1.807, 2.05) is 20.8 Å². The summed E-state index contributed by atoms with van der Waals surface area (Å²) in [6, 6.07) is -0.00333. The van der Waals surface area contributed by atoms with Crippen molar-refractivity contribution < 1.29 is 14.7 Å². The summed E-state index contributed by atoms with van der Waals surface area (Å²) in [6.45, 7) is 7.30. The van der Waals surface area contributed by atoms with E-state index in [0.717, 1.165) is 19.3 Å². The number of ketones is 1. The molecule has 1 amide bonds. The second kappa shape index (κ2) is 5.07. The number of carbonyl (C=O) groups excluding carboxylic acids is 1. The Hall–Kier alpha value is -1.06. The van der Waals surface area contributed by atoms with Crippen LogP contribution in [0.1, 0.15) is 53.4 Å². The van der Waals surface area contributed by atoms with Gasteiger partial charge in [0.1, 0.15) is 5.78 Å². The third-order valence-corrected chi connectivity index (χ3v) is 3.43. The second-order valence-corrected chi connectivity index (χ2v) is 5.99. The highest BCUT2D eigenvalue weighted by atomic mass is 16.4. The van der Waals surface area contributed by atoms with E-state index in [1.165, 1.54) is 4.90 Å². The standard InChI is InChI=1S/C13H23NO3/c1-9(15)8-10-6-5-7-11(10)14(12(16)17)13(2,3)4/h10-11H,5-8H2,1-4H3,(H,16,17)/t10-,11-/m1/s1. The number of nitrogens with zero attached hydrogens (tertiary/aromatic N) is 1. The number of amides is 1. The topological polar surface area (TPSA) is 57.6 Å². The third-order valence-electron chi connectivity index (χ3n) is 3.43. The minimum Gasteiger partial charge on any atom is -0.465 e. The molecular formula is C13H23NO3. The molecule has 0 unspecified atom stereocenters. The lowest BCUT2D eigenvalue weighted by molar-refractivity contribution is -0.118. The first-order valence-corrected chi connectivity index (χ1v) is 6.25. The van der Waals surface area contributed by atoms with Crippen LogP contribution in [0, 0.1) is 5.92 Å². The van der Waals surface area contributed by atoms with Crippen molar-refractivity contribution in [3.8, 4) is 0 Å². The highest BCUT2D eigenvalue weighted by Crippen LogP contribution is 2.35. The van der Waals surface area contributed by atoms with E-state index < -0.39 is 11.6 Å². The molecule has 4 nitrogen and oxygen atoms in total. The van der Waals surface area contributed by atoms with Crippen molar-refractivity contribution in [3.63, 3.8) is 0 Å². The molecule has 0 aromatic carbocycles. The fraction of sp³-hybridized carbons (Fsp3) is 0.846. The molecule has 0 heterocycles. The second-order valence-electron chi connectivity index (χ2n) is 5.99. The fourth-order valence-corrected chi connectivity index (χ4v) is 2.89. The molecule has 17 heavy (non-hydrogen) atoms. The maximum absolute atomic E-state index is 11.4. The van der Waals surface area contributed by atoms with Crippen LogP contribution in [0.3, 0.4) is 0 Å². The number of carbonyl (C=O) groups is 2. The molecule has 0 aromatic heterocycles. The van der Waals surface area contributed by atoms with Crippen LogP contribution in [-0.4, -0.2) is 33.5 Å². The van der Waals surface area contributed by atoms with Crippen LogP contribution >= 0.6 is 0 Å². The number of Topliss-reactive ketones (excluding diaryl/α,β-unsaturated/α-hetero) is 1. The molecule has 0 spiro atoms. The molecule has 1 aliphatic rings. The van der Waals surface area contributed by atoms with Gasteiger partial charge in [0.05, 0.1) is 0 Å². The summed E-state index contributed by atoms with van der Waals surface area (Å²) in [7, 11) is 0. The van der Waals surface area contributed by atoms with E-state index in [9.17, 15) is 14.7 Å². The number of hydrogen-bond acceptors (Lipinski definition) is 2. The molecule has 0 saturated heterocycles. The van der Waals surface area contributed by atoms with E-state index in [2.05, 4.69) is 0 Å². The molecular weight excluding hydrogens is 218 g/mol. The van der Waals surface area contributed by atoms with Gasteiger partial charge in [-0.3, -0.25) is 0 Å². The summed E-state index contributed by atoms with van der Waals surface area (Å²) < 4.78 is 0. The Morgan fingerprint density at radius 2 is 1.88 bits per heavy atom. The zero-order valence-electron chi connectivity index (χ0n) is 11.2. The Morgan fingerprint density at radius 3 is 2.29 bits per heavy atom. The van der Waals surface area contributed by atoms with E-state index in [0.29, 0.717) is 6.42 Å². The molecule has 1 N–H and O–H groups in total. The highest BCUT2D eigenvalue weighted by molar-refractivity contribution is 5.76. The van der Waals surface area contributed by atoms with Crippen molar-refractivity contribution in [1.29, 1.82) is 0 Å². The smallest absolute Gasteiger partial charge is 0.407 e. The Labute approximate surface area is 103 Å². The van der Waals surface area contributed by atoms with E-state index in [-0.39, 0.29) is 17.7 Å². The lowest BCUT2D eigenvalue weighted by Crippen LogP contribution is -2.52. The molecule has 4 heteroatoms. The van der Waals surface area contributed by atoms with Crippen molar-refractivity contribution in [2.24, 2.45) is 5.92 Å². The van der Waals surface area contributed by atoms with Crippen molar-refractivity contribution in [2.75, 3.05) is 0 Å². The van der Waals surface area contributed by atoms with Gasteiger partial charge < -0.3 is 14.8 Å². The molecule has 0 bridgehead atoms. The van der Waals surface area contributed by atoms with E-state index in [4.69, 9.17) is 0 Å². The highest BCUT2D eigenvalue weighted by Gasteiger charge is 2.40. The quantitative estimate of drug-likeness (QED) is 0.826. The molecule has 98 valence electrons. The van der Waals surface area contributed by atoms with Gasteiger partial charge in [0, 0.05) is 18.0 Å². The fourth-order valence-electron chi connectivity index (χ4n) is 2.89. The zero-order chi connectivity index (χ0) is 13.2. The van der Waals surface area contributed by atoms with Crippen LogP contribution in [-0.2, 0) is 4.79 Å². The summed E-state index contributed by atoms with van der Waals surface area (Å²) >= 11 is 0. The van der Waals surface area contributed by atoms with Crippen molar-refractivity contribution in [3.05, 3.63) is 0 Å². The SMILES string of the molecule is CC(=O)C[C@H]1CCC[C@H]1N(C(=O)O)C(C)(C)C. The number of carboxylic acid groups (broad SMARTS) is 1. The molecule has 1 saturated carbocycles. The van der Waals surface area contributed by atoms with Gasteiger partial charge in [-0.1, -0.05) is 6.42 Å². The maximum atomic E-state index is 11.4. The van der Waals surface area contributed by atoms with Gasteiger partial charge in [0.15, 0.2) is 0 Å². The van der Waals surface area contributed by atoms with E-state index in [1.54, 1.807) is 6.92 Å². The Bertz CT molecular complexity index is 306. The largest absolute Gasteiger partial charge is 0.465 e. The van der Waals surface area contributed by atoms with Gasteiger partial charge in [-0.25, -0.2) is 4.79 Å². The minimum absolute atomic E-state index is 0.00333. The average Bonchev–Trinajstić information content (AvgIpc) is 2.48. The zero-order valence-corrected chi connectivity index (χ0v) is 11.2. The summed E-state index contributed by atoms with van der Waals surface area (Å²) in [5, 5.41) is 9.36. The molecule has 0 radical (unpaired) electrons. The average molecular weight is 241 g/mol. The van der Waals surface area contributed by atoms with Gasteiger partial charge in [0.2, 0.25) is 0 Å². The van der Waals surface area contributed by atoms with Crippen molar-refractivity contribution in [1.82, 2.24) is 4.90 Å². The van der Waals surface area contributed by atoms with E-state index >= 15 is 0 Å². The summed E-state index contributed by atoms with van der Waals surface area (Å²) in [4.78, 5) is 24.2. The Kier molecular flexibility index (Phi) is 4.17. The minimum atomic E-state index is -0.877. The normalized spacial score (nSPS) is 24.7. The first-order valence-electron chi connectivity index (χ1n) is 6.25. The third kappa shape index (κ3) is 3.45. The molecule has 0 aliphatic heterocycles. The van der Waals surface area contributed by atoms with Gasteiger partial charge in [0.25, 0.3) is 0 Å². The molecule has 2 atom stereocenters. The summed E-state index contributed by atoms with van der Waals surface area (Å²) in [6.07, 6.45) is 2.48. The Morgan fingerprint density at radius 1 is 1.29 bits per heavy atom.